The highest BCUT2D eigenvalue weighted by atomic mass is 19.1. The lowest BCUT2D eigenvalue weighted by molar-refractivity contribution is -0.122. The van der Waals surface area contributed by atoms with E-state index < -0.39 is 23.1 Å². The van der Waals surface area contributed by atoms with E-state index in [-0.39, 0.29) is 36.5 Å². The summed E-state index contributed by atoms with van der Waals surface area (Å²) in [5, 5.41) is 18.5. The third kappa shape index (κ3) is 4.49. The van der Waals surface area contributed by atoms with Crippen LogP contribution in [0.5, 0.6) is 0 Å². The van der Waals surface area contributed by atoms with Gasteiger partial charge >= 0.3 is 0 Å². The van der Waals surface area contributed by atoms with Gasteiger partial charge in [0.05, 0.1) is 18.3 Å². The SMILES string of the molecule is O=C1CC[C@@H](n2c(Nc3c(F)cc(F)cc3F)nc3cnc(N[C@H]4CC[C@H](O)CC4)nc32)CN1. The summed E-state index contributed by atoms with van der Waals surface area (Å²) >= 11 is 0. The van der Waals surface area contributed by atoms with Crippen molar-refractivity contribution in [3.05, 3.63) is 35.8 Å². The number of imidazole rings is 1. The van der Waals surface area contributed by atoms with Gasteiger partial charge in [-0.2, -0.15) is 4.98 Å². The Bertz CT molecular complexity index is 1190. The van der Waals surface area contributed by atoms with Crippen LogP contribution in [0.4, 0.5) is 30.8 Å². The summed E-state index contributed by atoms with van der Waals surface area (Å²) in [6.45, 7) is 0.292. The molecule has 9 nitrogen and oxygen atoms in total. The second kappa shape index (κ2) is 9.09. The smallest absolute Gasteiger partial charge is 0.224 e. The van der Waals surface area contributed by atoms with Crippen molar-refractivity contribution in [2.75, 3.05) is 17.2 Å². The summed E-state index contributed by atoms with van der Waals surface area (Å²) in [7, 11) is 0. The summed E-state index contributed by atoms with van der Waals surface area (Å²) in [6.07, 6.45) is 4.95. The number of halogens is 3. The molecule has 1 amide bonds. The molecule has 0 spiro atoms. The summed E-state index contributed by atoms with van der Waals surface area (Å²) in [5.74, 6) is -2.82. The Kier molecular flexibility index (Phi) is 5.98. The van der Waals surface area contributed by atoms with Crippen molar-refractivity contribution in [2.45, 2.75) is 56.7 Å². The van der Waals surface area contributed by atoms with E-state index in [9.17, 15) is 23.1 Å². The van der Waals surface area contributed by atoms with Gasteiger partial charge in [-0.15, -0.1) is 0 Å². The summed E-state index contributed by atoms with van der Waals surface area (Å²) < 4.78 is 43.7. The Balaban J connectivity index is 1.52. The zero-order chi connectivity index (χ0) is 23.8. The molecule has 5 rings (SSSR count). The van der Waals surface area contributed by atoms with Gasteiger partial charge in [-0.05, 0) is 32.1 Å². The molecule has 1 atom stereocenters. The molecule has 2 aromatic heterocycles. The summed E-state index contributed by atoms with van der Waals surface area (Å²) in [4.78, 5) is 25.1. The number of nitrogens with one attached hydrogen (secondary N) is 3. The van der Waals surface area contributed by atoms with Crippen LogP contribution in [0.3, 0.4) is 0 Å². The fourth-order valence-electron chi connectivity index (χ4n) is 4.51. The number of piperidine rings is 1. The number of fused-ring (bicyclic) bond motifs is 1. The molecule has 1 saturated carbocycles. The molecule has 12 heteroatoms. The molecular weight excluding hydrogens is 451 g/mol. The highest BCUT2D eigenvalue weighted by Gasteiger charge is 2.27. The van der Waals surface area contributed by atoms with Crippen molar-refractivity contribution in [1.29, 1.82) is 0 Å². The van der Waals surface area contributed by atoms with Crippen molar-refractivity contribution >= 4 is 34.7 Å². The minimum absolute atomic E-state index is 0.0812. The zero-order valence-electron chi connectivity index (χ0n) is 18.2. The van der Waals surface area contributed by atoms with E-state index in [1.165, 1.54) is 6.20 Å². The minimum atomic E-state index is -1.10. The van der Waals surface area contributed by atoms with Crippen molar-refractivity contribution in [3.63, 3.8) is 0 Å². The largest absolute Gasteiger partial charge is 0.393 e. The molecule has 1 aliphatic carbocycles. The topological polar surface area (TPSA) is 117 Å². The first-order valence-corrected chi connectivity index (χ1v) is 11.2. The van der Waals surface area contributed by atoms with E-state index in [0.29, 0.717) is 55.1 Å². The molecule has 0 radical (unpaired) electrons. The molecule has 1 aliphatic heterocycles. The van der Waals surface area contributed by atoms with Crippen LogP contribution in [-0.4, -0.2) is 49.2 Å². The number of anilines is 3. The first-order valence-electron chi connectivity index (χ1n) is 11.2. The number of hydrogen-bond donors (Lipinski definition) is 4. The van der Waals surface area contributed by atoms with Gasteiger partial charge in [-0.3, -0.25) is 9.36 Å². The Labute approximate surface area is 192 Å². The molecule has 180 valence electrons. The second-order valence-corrected chi connectivity index (χ2v) is 8.72. The van der Waals surface area contributed by atoms with E-state index in [0.717, 1.165) is 12.8 Å². The van der Waals surface area contributed by atoms with Crippen molar-refractivity contribution in [3.8, 4) is 0 Å². The van der Waals surface area contributed by atoms with Gasteiger partial charge in [0.15, 0.2) is 17.3 Å². The van der Waals surface area contributed by atoms with E-state index in [1.807, 2.05) is 0 Å². The van der Waals surface area contributed by atoms with E-state index >= 15 is 0 Å². The molecule has 1 aromatic carbocycles. The Hall–Kier alpha value is -3.41. The highest BCUT2D eigenvalue weighted by molar-refractivity contribution is 5.78. The van der Waals surface area contributed by atoms with Crippen molar-refractivity contribution in [2.24, 2.45) is 0 Å². The maximum absolute atomic E-state index is 14.3. The maximum Gasteiger partial charge on any atom is 0.224 e. The van der Waals surface area contributed by atoms with Crippen LogP contribution in [0.25, 0.3) is 11.2 Å². The Morgan fingerprint density at radius 1 is 1.06 bits per heavy atom. The number of aromatic nitrogens is 4. The van der Waals surface area contributed by atoms with Gasteiger partial charge in [0.2, 0.25) is 17.8 Å². The van der Waals surface area contributed by atoms with Gasteiger partial charge in [0, 0.05) is 31.1 Å². The van der Waals surface area contributed by atoms with Gasteiger partial charge in [-0.1, -0.05) is 0 Å². The Morgan fingerprint density at radius 2 is 1.79 bits per heavy atom. The van der Waals surface area contributed by atoms with Crippen LogP contribution in [0.15, 0.2) is 18.3 Å². The number of hydrogen-bond acceptors (Lipinski definition) is 7. The molecule has 2 fully saturated rings. The van der Waals surface area contributed by atoms with E-state index in [1.54, 1.807) is 4.57 Å². The van der Waals surface area contributed by atoms with Gasteiger partial charge in [0.25, 0.3) is 0 Å². The van der Waals surface area contributed by atoms with E-state index in [4.69, 9.17) is 0 Å². The lowest BCUT2D eigenvalue weighted by Crippen LogP contribution is -2.36. The second-order valence-electron chi connectivity index (χ2n) is 8.72. The first-order chi connectivity index (χ1) is 16.4. The predicted octanol–water partition coefficient (Wildman–Crippen LogP) is 3.15. The fourth-order valence-corrected chi connectivity index (χ4v) is 4.51. The molecule has 0 bridgehead atoms. The molecular formula is C22H24F3N7O2. The predicted molar refractivity (Wildman–Crippen MR) is 118 cm³/mol. The number of aliphatic hydroxyl groups is 1. The number of rotatable bonds is 5. The Morgan fingerprint density at radius 3 is 2.47 bits per heavy atom. The third-order valence-electron chi connectivity index (χ3n) is 6.31. The average Bonchev–Trinajstić information content (AvgIpc) is 3.16. The molecule has 1 saturated heterocycles. The monoisotopic (exact) mass is 475 g/mol. The molecule has 3 aromatic rings. The number of aliphatic hydroxyl groups excluding tert-OH is 1. The number of benzene rings is 1. The quantitative estimate of drug-likeness (QED) is 0.448. The number of carbonyl (C=O) groups is 1. The number of carbonyl (C=O) groups excluding carboxylic acids is 1. The number of amides is 1. The van der Waals surface area contributed by atoms with Gasteiger partial charge < -0.3 is 21.1 Å². The third-order valence-corrected chi connectivity index (χ3v) is 6.31. The van der Waals surface area contributed by atoms with Crippen LogP contribution in [-0.2, 0) is 4.79 Å². The zero-order valence-corrected chi connectivity index (χ0v) is 18.2. The minimum Gasteiger partial charge on any atom is -0.393 e. The van der Waals surface area contributed by atoms with Crippen LogP contribution in [0.1, 0.15) is 44.6 Å². The van der Waals surface area contributed by atoms with Crippen LogP contribution < -0.4 is 16.0 Å². The normalized spacial score (nSPS) is 23.1. The van der Waals surface area contributed by atoms with Crippen LogP contribution >= 0.6 is 0 Å². The van der Waals surface area contributed by atoms with Gasteiger partial charge in [0.1, 0.15) is 17.0 Å². The standard InChI is InChI=1S/C22H24F3N7O2/c23-11-7-15(24)19(16(25)8-11)30-22-29-17-10-27-21(28-12-1-4-14(33)5-2-12)31-20(17)32(22)13-3-6-18(34)26-9-13/h7-8,10,12-14,33H,1-6,9H2,(H,26,34)(H,29,30)(H,27,28,31)/t12-,13-,14-/m1/s1. The lowest BCUT2D eigenvalue weighted by Gasteiger charge is -2.27. The molecule has 4 N–H and O–H groups in total. The molecule has 2 aliphatic rings. The first kappa shape index (κ1) is 22.4. The maximum atomic E-state index is 14.3. The van der Waals surface area contributed by atoms with Crippen molar-refractivity contribution < 1.29 is 23.1 Å². The van der Waals surface area contributed by atoms with E-state index in [2.05, 4.69) is 30.9 Å². The van der Waals surface area contributed by atoms with Crippen LogP contribution in [0, 0.1) is 17.5 Å². The van der Waals surface area contributed by atoms with Gasteiger partial charge in [-0.25, -0.2) is 23.1 Å². The molecule has 3 heterocycles. The summed E-state index contributed by atoms with van der Waals surface area (Å²) in [6, 6.07) is 1.01. The molecule has 0 unspecified atom stereocenters. The average molecular weight is 475 g/mol. The fraction of sp³-hybridized carbons (Fsp3) is 0.455. The molecule has 34 heavy (non-hydrogen) atoms. The highest BCUT2D eigenvalue weighted by Crippen LogP contribution is 2.32. The lowest BCUT2D eigenvalue weighted by atomic mass is 9.93. The van der Waals surface area contributed by atoms with Crippen molar-refractivity contribution in [1.82, 2.24) is 24.8 Å². The van der Waals surface area contributed by atoms with Crippen LogP contribution in [0.2, 0.25) is 0 Å². The summed E-state index contributed by atoms with van der Waals surface area (Å²) in [5.41, 5.74) is 0.289. The number of nitrogens with zero attached hydrogens (tertiary/aromatic N) is 4.